The second-order valence-electron chi connectivity index (χ2n) is 3.49. The van der Waals surface area contributed by atoms with Gasteiger partial charge in [0.1, 0.15) is 5.78 Å². The Hall–Kier alpha value is -0.970. The number of rotatable bonds is 4. The first-order chi connectivity index (χ1) is 8.24. The lowest BCUT2D eigenvalue weighted by Crippen LogP contribution is -2.39. The summed E-state index contributed by atoms with van der Waals surface area (Å²) in [5.41, 5.74) is 0. The van der Waals surface area contributed by atoms with E-state index in [1.807, 2.05) is 6.26 Å². The Kier molecular flexibility index (Phi) is 9.62. The molecular weight excluding hydrogens is 238 g/mol. The monoisotopic (exact) mass is 259 g/mol. The molecule has 0 N–H and O–H groups in total. The molecule has 0 aromatic rings. The van der Waals surface area contributed by atoms with Crippen LogP contribution in [0, 0.1) is 0 Å². The Bertz CT molecular complexity index is 236. The molecule has 1 saturated heterocycles. The third-order valence-corrected chi connectivity index (χ3v) is 2.99. The molecule has 0 atom stereocenters. The van der Waals surface area contributed by atoms with Crippen molar-refractivity contribution in [2.75, 3.05) is 31.7 Å². The van der Waals surface area contributed by atoms with Crippen LogP contribution in [0.3, 0.4) is 0 Å². The molecule has 98 valence electrons. The first-order valence-electron chi connectivity index (χ1n) is 5.66. The maximum absolute atomic E-state index is 11.5. The van der Waals surface area contributed by atoms with E-state index in [2.05, 4.69) is 13.2 Å². The number of ether oxygens (including phenoxy) is 1. The van der Waals surface area contributed by atoms with Crippen LogP contribution in [-0.4, -0.2) is 48.5 Å². The second-order valence-corrected chi connectivity index (χ2v) is 4.47. The molecule has 17 heavy (non-hydrogen) atoms. The standard InChI is InChI=1S/C10H17NO3S.C2H4/c1-15-8-2-7-14-10(13)11-5-3-9(12)4-6-11;1-2/h2-8H2,1H3;1-2H2. The van der Waals surface area contributed by atoms with Crippen molar-refractivity contribution < 1.29 is 14.3 Å². The average Bonchev–Trinajstić information content (AvgIpc) is 2.38. The summed E-state index contributed by atoms with van der Waals surface area (Å²) in [5.74, 6) is 1.24. The van der Waals surface area contributed by atoms with Gasteiger partial charge in [-0.05, 0) is 18.4 Å². The molecule has 1 amide bonds. The van der Waals surface area contributed by atoms with E-state index in [1.165, 1.54) is 0 Å². The molecule has 1 heterocycles. The fourth-order valence-electron chi connectivity index (χ4n) is 1.39. The Morgan fingerprint density at radius 2 is 2.00 bits per heavy atom. The molecule has 0 aromatic carbocycles. The van der Waals surface area contributed by atoms with E-state index < -0.39 is 0 Å². The number of amides is 1. The van der Waals surface area contributed by atoms with Gasteiger partial charge in [-0.2, -0.15) is 11.8 Å². The summed E-state index contributed by atoms with van der Waals surface area (Å²) in [5, 5.41) is 0. The van der Waals surface area contributed by atoms with E-state index in [-0.39, 0.29) is 11.9 Å². The Morgan fingerprint density at radius 1 is 1.41 bits per heavy atom. The molecule has 4 nitrogen and oxygen atoms in total. The lowest BCUT2D eigenvalue weighted by atomic mass is 10.1. The van der Waals surface area contributed by atoms with Crippen LogP contribution in [0.15, 0.2) is 13.2 Å². The molecule has 1 aliphatic rings. The van der Waals surface area contributed by atoms with Gasteiger partial charge in [0.15, 0.2) is 0 Å². The quantitative estimate of drug-likeness (QED) is 0.574. The van der Waals surface area contributed by atoms with Crippen LogP contribution in [0.25, 0.3) is 0 Å². The van der Waals surface area contributed by atoms with Crippen molar-refractivity contribution in [3.8, 4) is 0 Å². The van der Waals surface area contributed by atoms with Crippen LogP contribution >= 0.6 is 11.8 Å². The summed E-state index contributed by atoms with van der Waals surface area (Å²) in [6.07, 6.45) is 3.58. The van der Waals surface area contributed by atoms with Crippen molar-refractivity contribution in [2.24, 2.45) is 0 Å². The first kappa shape index (κ1) is 16.0. The van der Waals surface area contributed by atoms with Crippen molar-refractivity contribution in [2.45, 2.75) is 19.3 Å². The highest BCUT2D eigenvalue weighted by Crippen LogP contribution is 2.07. The highest BCUT2D eigenvalue weighted by Gasteiger charge is 2.21. The van der Waals surface area contributed by atoms with Crippen molar-refractivity contribution in [1.29, 1.82) is 0 Å². The number of carbonyl (C=O) groups excluding carboxylic acids is 2. The summed E-state index contributed by atoms with van der Waals surface area (Å²) in [4.78, 5) is 24.0. The Labute approximate surface area is 107 Å². The summed E-state index contributed by atoms with van der Waals surface area (Å²) in [7, 11) is 0. The summed E-state index contributed by atoms with van der Waals surface area (Å²) >= 11 is 1.74. The highest BCUT2D eigenvalue weighted by atomic mass is 32.2. The van der Waals surface area contributed by atoms with E-state index in [0.29, 0.717) is 32.5 Å². The van der Waals surface area contributed by atoms with Gasteiger partial charge in [-0.25, -0.2) is 4.79 Å². The summed E-state index contributed by atoms with van der Waals surface area (Å²) < 4.78 is 5.08. The highest BCUT2D eigenvalue weighted by molar-refractivity contribution is 7.98. The third kappa shape index (κ3) is 7.05. The van der Waals surface area contributed by atoms with Gasteiger partial charge in [-0.15, -0.1) is 13.2 Å². The largest absolute Gasteiger partial charge is 0.449 e. The van der Waals surface area contributed by atoms with Crippen LogP contribution in [0.5, 0.6) is 0 Å². The fraction of sp³-hybridized carbons (Fsp3) is 0.667. The van der Waals surface area contributed by atoms with Gasteiger partial charge in [0, 0.05) is 25.9 Å². The molecular formula is C12H21NO3S. The molecule has 0 spiro atoms. The lowest BCUT2D eigenvalue weighted by molar-refractivity contribution is -0.121. The number of thioether (sulfide) groups is 1. The summed E-state index contributed by atoms with van der Waals surface area (Å²) in [6, 6.07) is 0. The van der Waals surface area contributed by atoms with Crippen molar-refractivity contribution in [3.63, 3.8) is 0 Å². The van der Waals surface area contributed by atoms with E-state index in [1.54, 1.807) is 16.7 Å². The first-order valence-corrected chi connectivity index (χ1v) is 7.05. The van der Waals surface area contributed by atoms with E-state index in [4.69, 9.17) is 4.74 Å². The number of hydrogen-bond acceptors (Lipinski definition) is 4. The Morgan fingerprint density at radius 3 is 2.53 bits per heavy atom. The molecule has 1 aliphatic heterocycles. The molecule has 0 bridgehead atoms. The van der Waals surface area contributed by atoms with Gasteiger partial charge in [-0.3, -0.25) is 4.79 Å². The van der Waals surface area contributed by atoms with Crippen LogP contribution in [0.4, 0.5) is 4.79 Å². The van der Waals surface area contributed by atoms with Gasteiger partial charge in [0.05, 0.1) is 6.61 Å². The maximum atomic E-state index is 11.5. The van der Waals surface area contributed by atoms with Gasteiger partial charge < -0.3 is 9.64 Å². The SMILES string of the molecule is C=C.CSCCCOC(=O)N1CCC(=O)CC1. The molecule has 0 radical (unpaired) electrons. The molecule has 1 rings (SSSR count). The topological polar surface area (TPSA) is 46.6 Å². The van der Waals surface area contributed by atoms with Crippen molar-refractivity contribution in [3.05, 3.63) is 13.2 Å². The molecule has 0 saturated carbocycles. The second kappa shape index (κ2) is 10.2. The number of Topliss-reactive ketones (excluding diaryl/α,β-unsaturated/α-hetero) is 1. The van der Waals surface area contributed by atoms with Gasteiger partial charge in [0.25, 0.3) is 0 Å². The molecule has 1 fully saturated rings. The Balaban J connectivity index is 0.00000121. The average molecular weight is 259 g/mol. The van der Waals surface area contributed by atoms with Gasteiger partial charge >= 0.3 is 6.09 Å². The molecule has 0 aliphatic carbocycles. The van der Waals surface area contributed by atoms with Crippen LogP contribution < -0.4 is 0 Å². The van der Waals surface area contributed by atoms with Crippen molar-refractivity contribution in [1.82, 2.24) is 4.90 Å². The number of nitrogens with zero attached hydrogens (tertiary/aromatic N) is 1. The van der Waals surface area contributed by atoms with Crippen LogP contribution in [-0.2, 0) is 9.53 Å². The van der Waals surface area contributed by atoms with Crippen LogP contribution in [0.1, 0.15) is 19.3 Å². The number of carbonyl (C=O) groups is 2. The number of ketones is 1. The van der Waals surface area contributed by atoms with Gasteiger partial charge in [-0.1, -0.05) is 0 Å². The zero-order valence-corrected chi connectivity index (χ0v) is 11.3. The normalized spacial score (nSPS) is 14.9. The van der Waals surface area contributed by atoms with E-state index >= 15 is 0 Å². The van der Waals surface area contributed by atoms with Gasteiger partial charge in [0.2, 0.25) is 0 Å². The number of hydrogen-bond donors (Lipinski definition) is 0. The predicted molar refractivity (Wildman–Crippen MR) is 71.4 cm³/mol. The smallest absolute Gasteiger partial charge is 0.409 e. The molecule has 0 aromatic heterocycles. The number of piperidine rings is 1. The minimum Gasteiger partial charge on any atom is -0.449 e. The third-order valence-electron chi connectivity index (χ3n) is 2.30. The van der Waals surface area contributed by atoms with Crippen molar-refractivity contribution >= 4 is 23.6 Å². The maximum Gasteiger partial charge on any atom is 0.409 e. The predicted octanol–water partition coefficient (Wildman–Crippen LogP) is 2.34. The lowest BCUT2D eigenvalue weighted by Gasteiger charge is -2.25. The molecule has 0 unspecified atom stereocenters. The minimum atomic E-state index is -0.274. The van der Waals surface area contributed by atoms with E-state index in [9.17, 15) is 9.59 Å². The van der Waals surface area contributed by atoms with Crippen LogP contribution in [0.2, 0.25) is 0 Å². The fourth-order valence-corrected chi connectivity index (χ4v) is 1.80. The zero-order chi connectivity index (χ0) is 13.1. The number of likely N-dealkylation sites (tertiary alicyclic amines) is 1. The minimum absolute atomic E-state index is 0.237. The molecule has 5 heteroatoms. The zero-order valence-electron chi connectivity index (χ0n) is 10.4. The van der Waals surface area contributed by atoms with E-state index in [0.717, 1.165) is 12.2 Å². The summed E-state index contributed by atoms with van der Waals surface area (Å²) in [6.45, 7) is 7.50.